The average Bonchev–Trinajstić information content (AvgIpc) is 2.86. The standard InChI is InChI=1S/C12H15N3O3/c1-13-11(16)9-5-3-7-15(9)10-8(12(17)18)4-2-6-14-10/h2,4,6,9H,3,5,7H2,1H3,(H,13,16)(H,17,18). The first-order valence-electron chi connectivity index (χ1n) is 5.81. The summed E-state index contributed by atoms with van der Waals surface area (Å²) >= 11 is 0. The Morgan fingerprint density at radius 1 is 1.56 bits per heavy atom. The van der Waals surface area contributed by atoms with Gasteiger partial charge in [-0.05, 0) is 25.0 Å². The number of carbonyl (C=O) groups is 2. The molecule has 1 fully saturated rings. The number of likely N-dealkylation sites (N-methyl/N-ethyl adjacent to an activating group) is 1. The summed E-state index contributed by atoms with van der Waals surface area (Å²) in [6.07, 6.45) is 3.12. The molecule has 1 aromatic rings. The number of anilines is 1. The van der Waals surface area contributed by atoms with E-state index in [0.717, 1.165) is 12.8 Å². The van der Waals surface area contributed by atoms with Gasteiger partial charge in [0.1, 0.15) is 17.4 Å². The summed E-state index contributed by atoms with van der Waals surface area (Å²) in [6, 6.07) is 2.75. The molecule has 6 heteroatoms. The molecule has 1 amide bonds. The maximum atomic E-state index is 11.8. The third-order valence-corrected chi connectivity index (χ3v) is 3.09. The quantitative estimate of drug-likeness (QED) is 0.815. The molecule has 6 nitrogen and oxygen atoms in total. The summed E-state index contributed by atoms with van der Waals surface area (Å²) in [6.45, 7) is 0.648. The van der Waals surface area contributed by atoms with Crippen LogP contribution in [0.4, 0.5) is 5.82 Å². The second kappa shape index (κ2) is 5.03. The predicted octanol–water partition coefficient (Wildman–Crippen LogP) is 0.495. The van der Waals surface area contributed by atoms with E-state index in [2.05, 4.69) is 10.3 Å². The second-order valence-electron chi connectivity index (χ2n) is 4.15. The zero-order chi connectivity index (χ0) is 13.1. The van der Waals surface area contributed by atoms with Crippen LogP contribution in [0, 0.1) is 0 Å². The van der Waals surface area contributed by atoms with Crippen LogP contribution >= 0.6 is 0 Å². The molecule has 1 aliphatic heterocycles. The lowest BCUT2D eigenvalue weighted by atomic mass is 10.2. The smallest absolute Gasteiger partial charge is 0.339 e. The van der Waals surface area contributed by atoms with Gasteiger partial charge in [-0.15, -0.1) is 0 Å². The van der Waals surface area contributed by atoms with E-state index in [1.807, 2.05) is 0 Å². The topological polar surface area (TPSA) is 82.5 Å². The number of hydrogen-bond acceptors (Lipinski definition) is 4. The Labute approximate surface area is 105 Å². The Balaban J connectivity index is 2.36. The third-order valence-electron chi connectivity index (χ3n) is 3.09. The Bertz CT molecular complexity index is 475. The molecular weight excluding hydrogens is 234 g/mol. The van der Waals surface area contributed by atoms with E-state index in [1.165, 1.54) is 6.07 Å². The molecule has 2 heterocycles. The summed E-state index contributed by atoms with van der Waals surface area (Å²) in [5.74, 6) is -0.758. The van der Waals surface area contributed by atoms with Gasteiger partial charge in [0.05, 0.1) is 0 Å². The molecule has 2 N–H and O–H groups in total. The monoisotopic (exact) mass is 249 g/mol. The zero-order valence-electron chi connectivity index (χ0n) is 10.1. The molecule has 1 aromatic heterocycles. The number of nitrogens with one attached hydrogen (secondary N) is 1. The minimum absolute atomic E-state index is 0.102. The molecule has 1 atom stereocenters. The fourth-order valence-corrected chi connectivity index (χ4v) is 2.25. The Hall–Kier alpha value is -2.11. The van der Waals surface area contributed by atoms with Crippen molar-refractivity contribution < 1.29 is 14.7 Å². The fraction of sp³-hybridized carbons (Fsp3) is 0.417. The van der Waals surface area contributed by atoms with E-state index in [9.17, 15) is 9.59 Å². The Kier molecular flexibility index (Phi) is 3.45. The number of pyridine rings is 1. The summed E-state index contributed by atoms with van der Waals surface area (Å²) in [5, 5.41) is 11.7. The highest BCUT2D eigenvalue weighted by Crippen LogP contribution is 2.26. The summed E-state index contributed by atoms with van der Waals surface area (Å²) in [5.41, 5.74) is 0.133. The van der Waals surface area contributed by atoms with Crippen molar-refractivity contribution in [1.29, 1.82) is 0 Å². The molecule has 0 radical (unpaired) electrons. The van der Waals surface area contributed by atoms with E-state index in [0.29, 0.717) is 12.4 Å². The maximum Gasteiger partial charge on any atom is 0.339 e. The lowest BCUT2D eigenvalue weighted by Gasteiger charge is -2.25. The van der Waals surface area contributed by atoms with Gasteiger partial charge in [-0.2, -0.15) is 0 Å². The van der Waals surface area contributed by atoms with Crippen LogP contribution in [0.1, 0.15) is 23.2 Å². The van der Waals surface area contributed by atoms with Crippen molar-refractivity contribution in [2.75, 3.05) is 18.5 Å². The van der Waals surface area contributed by atoms with Crippen molar-refractivity contribution >= 4 is 17.7 Å². The van der Waals surface area contributed by atoms with Crippen molar-refractivity contribution in [2.45, 2.75) is 18.9 Å². The van der Waals surface area contributed by atoms with Crippen molar-refractivity contribution in [2.24, 2.45) is 0 Å². The van der Waals surface area contributed by atoms with Gasteiger partial charge in [-0.1, -0.05) is 0 Å². The molecule has 18 heavy (non-hydrogen) atoms. The highest BCUT2D eigenvalue weighted by molar-refractivity contribution is 5.95. The van der Waals surface area contributed by atoms with Gasteiger partial charge < -0.3 is 15.3 Å². The zero-order valence-corrected chi connectivity index (χ0v) is 10.1. The molecular formula is C12H15N3O3. The third kappa shape index (κ3) is 2.13. The van der Waals surface area contributed by atoms with Crippen LogP contribution in [0.3, 0.4) is 0 Å². The second-order valence-corrected chi connectivity index (χ2v) is 4.15. The number of carboxylic acid groups (broad SMARTS) is 1. The molecule has 0 aliphatic carbocycles. The van der Waals surface area contributed by atoms with Gasteiger partial charge in [0, 0.05) is 19.8 Å². The van der Waals surface area contributed by atoms with Gasteiger partial charge in [-0.25, -0.2) is 9.78 Å². The lowest BCUT2D eigenvalue weighted by molar-refractivity contribution is -0.121. The van der Waals surface area contributed by atoms with Crippen LogP contribution in [0.25, 0.3) is 0 Å². The number of nitrogens with zero attached hydrogens (tertiary/aromatic N) is 2. The predicted molar refractivity (Wildman–Crippen MR) is 65.6 cm³/mol. The first kappa shape index (κ1) is 12.3. The van der Waals surface area contributed by atoms with Gasteiger partial charge in [-0.3, -0.25) is 4.79 Å². The molecule has 0 spiro atoms. The van der Waals surface area contributed by atoms with Crippen LogP contribution in [0.2, 0.25) is 0 Å². The Morgan fingerprint density at radius 2 is 2.33 bits per heavy atom. The van der Waals surface area contributed by atoms with Crippen LogP contribution in [-0.2, 0) is 4.79 Å². The van der Waals surface area contributed by atoms with E-state index in [4.69, 9.17) is 5.11 Å². The molecule has 1 aliphatic rings. The van der Waals surface area contributed by atoms with Crippen molar-refractivity contribution in [1.82, 2.24) is 10.3 Å². The SMILES string of the molecule is CNC(=O)C1CCCN1c1ncccc1C(=O)O. The van der Waals surface area contributed by atoms with E-state index >= 15 is 0 Å². The van der Waals surface area contributed by atoms with Crippen LogP contribution in [0.15, 0.2) is 18.3 Å². The lowest BCUT2D eigenvalue weighted by Crippen LogP contribution is -2.42. The Morgan fingerprint density at radius 3 is 3.00 bits per heavy atom. The number of carboxylic acids is 1. The van der Waals surface area contributed by atoms with E-state index in [-0.39, 0.29) is 17.5 Å². The van der Waals surface area contributed by atoms with Gasteiger partial charge in [0.15, 0.2) is 0 Å². The van der Waals surface area contributed by atoms with Crippen molar-refractivity contribution in [3.8, 4) is 0 Å². The van der Waals surface area contributed by atoms with E-state index < -0.39 is 5.97 Å². The van der Waals surface area contributed by atoms with Crippen LogP contribution < -0.4 is 10.2 Å². The average molecular weight is 249 g/mol. The molecule has 0 bridgehead atoms. The largest absolute Gasteiger partial charge is 0.478 e. The number of amides is 1. The molecule has 2 rings (SSSR count). The van der Waals surface area contributed by atoms with Crippen molar-refractivity contribution in [3.05, 3.63) is 23.9 Å². The highest BCUT2D eigenvalue weighted by atomic mass is 16.4. The van der Waals surface area contributed by atoms with Crippen molar-refractivity contribution in [3.63, 3.8) is 0 Å². The molecule has 0 aromatic carbocycles. The number of hydrogen-bond donors (Lipinski definition) is 2. The molecule has 1 unspecified atom stereocenters. The first-order chi connectivity index (χ1) is 8.65. The van der Waals surface area contributed by atoms with E-state index in [1.54, 1.807) is 24.2 Å². The normalized spacial score (nSPS) is 18.7. The fourth-order valence-electron chi connectivity index (χ4n) is 2.25. The number of carbonyl (C=O) groups excluding carboxylic acids is 1. The van der Waals surface area contributed by atoms with Gasteiger partial charge >= 0.3 is 5.97 Å². The molecule has 0 saturated carbocycles. The highest BCUT2D eigenvalue weighted by Gasteiger charge is 2.33. The summed E-state index contributed by atoms with van der Waals surface area (Å²) in [7, 11) is 1.58. The number of aromatic carboxylic acids is 1. The van der Waals surface area contributed by atoms with Gasteiger partial charge in [0.25, 0.3) is 0 Å². The molecule has 1 saturated heterocycles. The van der Waals surface area contributed by atoms with Crippen LogP contribution in [-0.4, -0.2) is 41.6 Å². The minimum Gasteiger partial charge on any atom is -0.478 e. The number of aromatic nitrogens is 1. The minimum atomic E-state index is -1.03. The molecule has 96 valence electrons. The first-order valence-corrected chi connectivity index (χ1v) is 5.81. The van der Waals surface area contributed by atoms with Gasteiger partial charge in [0.2, 0.25) is 5.91 Å². The van der Waals surface area contributed by atoms with Crippen LogP contribution in [0.5, 0.6) is 0 Å². The summed E-state index contributed by atoms with van der Waals surface area (Å²) in [4.78, 5) is 28.8. The maximum absolute atomic E-state index is 11.8. The summed E-state index contributed by atoms with van der Waals surface area (Å²) < 4.78 is 0. The number of rotatable bonds is 3.